The number of aliphatic carboxylic acids is 1. The molecule has 2 aromatic carbocycles. The molecule has 0 bridgehead atoms. The molecule has 8 nitrogen and oxygen atoms in total. The molecule has 0 aliphatic carbocycles. The number of nitrogens with zero attached hydrogens (tertiary/aromatic N) is 1. The summed E-state index contributed by atoms with van der Waals surface area (Å²) in [4.78, 5) is 38.7. The van der Waals surface area contributed by atoms with E-state index in [9.17, 15) is 28.3 Å². The molecular formula is C24H29F2N3O5Si. The first-order valence-corrected chi connectivity index (χ1v) is 14.5. The number of carbonyl (C=O) groups is 3. The fourth-order valence-electron chi connectivity index (χ4n) is 4.53. The zero-order valence-electron chi connectivity index (χ0n) is 20.2. The molecule has 0 spiro atoms. The highest BCUT2D eigenvalue weighted by Crippen LogP contribution is 2.38. The van der Waals surface area contributed by atoms with E-state index in [1.54, 1.807) is 37.8 Å². The van der Waals surface area contributed by atoms with Crippen LogP contribution in [0.5, 0.6) is 5.75 Å². The summed E-state index contributed by atoms with van der Waals surface area (Å²) in [5.74, 6) is -4.05. The lowest BCUT2D eigenvalue weighted by atomic mass is 9.83. The van der Waals surface area contributed by atoms with Gasteiger partial charge in [-0.3, -0.25) is 9.59 Å². The van der Waals surface area contributed by atoms with Crippen molar-refractivity contribution in [2.75, 3.05) is 12.4 Å². The first kappa shape index (κ1) is 26.1. The van der Waals surface area contributed by atoms with E-state index < -0.39 is 55.6 Å². The lowest BCUT2D eigenvalue weighted by molar-refractivity contribution is -0.144. The number of nitrogens with one attached hydrogen (secondary N) is 1. The van der Waals surface area contributed by atoms with E-state index in [1.807, 2.05) is 0 Å². The van der Waals surface area contributed by atoms with Gasteiger partial charge in [0.25, 0.3) is 5.91 Å². The molecular weight excluding hydrogens is 476 g/mol. The highest BCUT2D eigenvalue weighted by molar-refractivity contribution is 6.88. The van der Waals surface area contributed by atoms with Crippen molar-refractivity contribution in [1.29, 1.82) is 0 Å². The molecule has 0 aromatic heterocycles. The summed E-state index contributed by atoms with van der Waals surface area (Å²) in [6.07, 6.45) is 0.126. The minimum absolute atomic E-state index is 0.0136. The van der Waals surface area contributed by atoms with Crippen LogP contribution in [-0.4, -0.2) is 49.1 Å². The zero-order chi connectivity index (χ0) is 26.2. The van der Waals surface area contributed by atoms with E-state index in [4.69, 9.17) is 10.5 Å². The second-order valence-corrected chi connectivity index (χ2v) is 14.7. The van der Waals surface area contributed by atoms with Gasteiger partial charge in [0.15, 0.2) is 0 Å². The number of carbonyl (C=O) groups excluding carboxylic acids is 2. The van der Waals surface area contributed by atoms with Crippen LogP contribution in [0, 0.1) is 17.6 Å². The summed E-state index contributed by atoms with van der Waals surface area (Å²) in [5.41, 5.74) is 6.51. The van der Waals surface area contributed by atoms with Crippen LogP contribution in [0.4, 0.5) is 19.3 Å². The second kappa shape index (κ2) is 9.65. The third-order valence-corrected chi connectivity index (χ3v) is 8.22. The summed E-state index contributed by atoms with van der Waals surface area (Å²) in [5, 5.41) is 12.1. The number of amides is 3. The largest absolute Gasteiger partial charge is 0.497 e. The van der Waals surface area contributed by atoms with Crippen molar-refractivity contribution in [3.05, 3.63) is 53.1 Å². The van der Waals surface area contributed by atoms with Gasteiger partial charge in [0.05, 0.1) is 27.1 Å². The number of urea groups is 1. The van der Waals surface area contributed by atoms with Crippen LogP contribution in [0.25, 0.3) is 0 Å². The maximum atomic E-state index is 14.8. The summed E-state index contributed by atoms with van der Waals surface area (Å²) < 4.78 is 34.8. The number of halogens is 2. The maximum Gasteiger partial charge on any atom is 0.316 e. The van der Waals surface area contributed by atoms with Crippen molar-refractivity contribution in [1.82, 2.24) is 4.90 Å². The first-order valence-electron chi connectivity index (χ1n) is 11.0. The molecule has 0 fully saturated rings. The SMILES string of the molecule is COc1ccc2c(c1)CC(C(C)C(=O)O)N(C(N)=O)[C@H]2C(=O)Nc1cc(F)c([Si](C)(C)C)c(F)c1. The molecule has 0 saturated carbocycles. The third-order valence-electron chi connectivity index (χ3n) is 6.24. The number of rotatable bonds is 6. The summed E-state index contributed by atoms with van der Waals surface area (Å²) >= 11 is 0. The van der Waals surface area contributed by atoms with Gasteiger partial charge in [0.1, 0.15) is 23.4 Å². The third kappa shape index (κ3) is 5.14. The average molecular weight is 506 g/mol. The van der Waals surface area contributed by atoms with E-state index in [2.05, 4.69) is 5.32 Å². The standard InChI is InChI=1S/C24H29F2N3O5Si/c1-12(23(31)32)19-9-13-8-15(34-2)6-7-16(13)20(29(19)24(27)33)22(30)28-14-10-17(25)21(18(26)11-14)35(3,4)5/h6-8,10-12,19-20H,9H2,1-5H3,(H2,27,33)(H,28,30)(H,31,32)/t12?,19?,20-/m1/s1. The molecule has 188 valence electrons. The Labute approximate surface area is 203 Å². The van der Waals surface area contributed by atoms with E-state index in [1.165, 1.54) is 14.0 Å². The Balaban J connectivity index is 2.09. The Bertz CT molecular complexity index is 1160. The Kier molecular flexibility index (Phi) is 7.20. The molecule has 3 rings (SSSR count). The Hall–Kier alpha value is -3.47. The molecule has 2 aromatic rings. The highest BCUT2D eigenvalue weighted by Gasteiger charge is 2.44. The number of ether oxygens (including phenoxy) is 1. The van der Waals surface area contributed by atoms with E-state index in [-0.39, 0.29) is 17.3 Å². The molecule has 1 heterocycles. The quantitative estimate of drug-likeness (QED) is 0.521. The van der Waals surface area contributed by atoms with Gasteiger partial charge >= 0.3 is 12.0 Å². The van der Waals surface area contributed by atoms with Crippen molar-refractivity contribution < 1.29 is 33.0 Å². The molecule has 3 atom stereocenters. The molecule has 11 heteroatoms. The fraction of sp³-hybridized carbons (Fsp3) is 0.375. The zero-order valence-corrected chi connectivity index (χ0v) is 21.2. The number of nitrogens with two attached hydrogens (primary N) is 1. The van der Waals surface area contributed by atoms with E-state index >= 15 is 0 Å². The minimum Gasteiger partial charge on any atom is -0.497 e. The number of carboxylic acids is 1. The van der Waals surface area contributed by atoms with Gasteiger partial charge in [-0.1, -0.05) is 25.7 Å². The average Bonchev–Trinajstić information content (AvgIpc) is 2.74. The van der Waals surface area contributed by atoms with Crippen LogP contribution in [0.15, 0.2) is 30.3 Å². The summed E-state index contributed by atoms with van der Waals surface area (Å²) in [6, 6.07) is 3.68. The summed E-state index contributed by atoms with van der Waals surface area (Å²) in [7, 11) is -0.865. The topological polar surface area (TPSA) is 122 Å². The summed E-state index contributed by atoms with van der Waals surface area (Å²) in [6.45, 7) is 6.82. The highest BCUT2D eigenvalue weighted by atomic mass is 28.3. The van der Waals surface area contributed by atoms with Crippen LogP contribution in [-0.2, 0) is 16.0 Å². The number of hydrogen-bond acceptors (Lipinski definition) is 4. The van der Waals surface area contributed by atoms with E-state index in [0.717, 1.165) is 17.0 Å². The predicted molar refractivity (Wildman–Crippen MR) is 129 cm³/mol. The minimum atomic E-state index is -2.33. The molecule has 0 saturated heterocycles. The maximum absolute atomic E-state index is 14.8. The first-order chi connectivity index (χ1) is 16.3. The number of methoxy groups -OCH3 is 1. The molecule has 1 aliphatic heterocycles. The van der Waals surface area contributed by atoms with Crippen molar-refractivity contribution in [3.63, 3.8) is 0 Å². The number of hydrogen-bond donors (Lipinski definition) is 3. The number of fused-ring (bicyclic) bond motifs is 1. The van der Waals surface area contributed by atoms with Crippen molar-refractivity contribution in [3.8, 4) is 5.75 Å². The normalized spacial score (nSPS) is 18.4. The number of benzene rings is 2. The van der Waals surface area contributed by atoms with Crippen LogP contribution in [0.1, 0.15) is 24.1 Å². The van der Waals surface area contributed by atoms with Crippen LogP contribution < -0.4 is 21.0 Å². The van der Waals surface area contributed by atoms with Gasteiger partial charge in [-0.05, 0) is 48.7 Å². The molecule has 0 radical (unpaired) electrons. The smallest absolute Gasteiger partial charge is 0.316 e. The fourth-order valence-corrected chi connectivity index (χ4v) is 6.11. The van der Waals surface area contributed by atoms with Crippen LogP contribution in [0.3, 0.4) is 0 Å². The second-order valence-electron chi connectivity index (χ2n) is 9.67. The number of primary amides is 1. The number of anilines is 1. The molecule has 4 N–H and O–H groups in total. The molecule has 1 aliphatic rings. The number of carboxylic acid groups (broad SMARTS) is 1. The van der Waals surface area contributed by atoms with Gasteiger partial charge in [-0.15, -0.1) is 0 Å². The monoisotopic (exact) mass is 505 g/mol. The van der Waals surface area contributed by atoms with E-state index in [0.29, 0.717) is 16.9 Å². The molecule has 2 unspecified atom stereocenters. The van der Waals surface area contributed by atoms with Gasteiger partial charge < -0.3 is 25.8 Å². The Morgan fingerprint density at radius 2 is 1.77 bits per heavy atom. The van der Waals surface area contributed by atoms with Crippen molar-refractivity contribution >= 4 is 36.9 Å². The van der Waals surface area contributed by atoms with Gasteiger partial charge in [0.2, 0.25) is 0 Å². The van der Waals surface area contributed by atoms with Crippen molar-refractivity contribution in [2.45, 2.75) is 45.1 Å². The van der Waals surface area contributed by atoms with Gasteiger partial charge in [-0.2, -0.15) is 0 Å². The van der Waals surface area contributed by atoms with Gasteiger partial charge in [-0.25, -0.2) is 13.6 Å². The van der Waals surface area contributed by atoms with Crippen LogP contribution in [0.2, 0.25) is 19.6 Å². The van der Waals surface area contributed by atoms with Crippen molar-refractivity contribution in [2.24, 2.45) is 11.7 Å². The lowest BCUT2D eigenvalue weighted by Crippen LogP contribution is -2.56. The van der Waals surface area contributed by atoms with Gasteiger partial charge in [0, 0.05) is 10.9 Å². The molecule has 35 heavy (non-hydrogen) atoms. The Morgan fingerprint density at radius 3 is 2.26 bits per heavy atom. The predicted octanol–water partition coefficient (Wildman–Crippen LogP) is 3.22. The lowest BCUT2D eigenvalue weighted by Gasteiger charge is -2.43. The molecule has 3 amide bonds. The van der Waals surface area contributed by atoms with Crippen LogP contribution >= 0.6 is 0 Å². The Morgan fingerprint density at radius 1 is 1.17 bits per heavy atom.